The molecule has 0 amide bonds. The summed E-state index contributed by atoms with van der Waals surface area (Å²) >= 11 is 0. The first-order valence-electron chi connectivity index (χ1n) is 3.48. The fraction of sp³-hybridized carbons (Fsp3) is 0.571. The third-order valence-corrected chi connectivity index (χ3v) is 1.76. The van der Waals surface area contributed by atoms with Crippen molar-refractivity contribution < 1.29 is 9.90 Å². The van der Waals surface area contributed by atoms with Crippen LogP contribution in [0.25, 0.3) is 0 Å². The van der Waals surface area contributed by atoms with Gasteiger partial charge >= 0.3 is 5.97 Å². The zero-order valence-corrected chi connectivity index (χ0v) is 6.66. The van der Waals surface area contributed by atoms with E-state index < -0.39 is 11.5 Å². The van der Waals surface area contributed by atoms with E-state index in [1.165, 1.54) is 0 Å². The van der Waals surface area contributed by atoms with E-state index in [0.717, 1.165) is 0 Å². The van der Waals surface area contributed by atoms with Gasteiger partial charge in [-0.1, -0.05) is 6.08 Å². The van der Waals surface area contributed by atoms with Crippen molar-refractivity contribution in [2.24, 2.45) is 0 Å². The first-order chi connectivity index (χ1) is 5.05. The highest BCUT2D eigenvalue weighted by Gasteiger charge is 2.33. The van der Waals surface area contributed by atoms with Crippen LogP contribution in [-0.4, -0.2) is 28.2 Å². The second-order valence-corrected chi connectivity index (χ2v) is 2.98. The molecular weight excluding hydrogens is 144 g/mol. The molecule has 11 heavy (non-hydrogen) atoms. The number of hydrogen-bond donors (Lipinski definition) is 2. The van der Waals surface area contributed by atoms with E-state index >= 15 is 0 Å². The number of rotatable bonds is 2. The molecule has 0 aromatic rings. The zero-order valence-electron chi connectivity index (χ0n) is 6.66. The van der Waals surface area contributed by atoms with Crippen LogP contribution in [0.1, 0.15) is 13.8 Å². The minimum Gasteiger partial charge on any atom is -0.479 e. The van der Waals surface area contributed by atoms with Crippen LogP contribution in [0.5, 0.6) is 0 Å². The first-order valence-corrected chi connectivity index (χ1v) is 3.48. The summed E-state index contributed by atoms with van der Waals surface area (Å²) in [6.45, 7) is 4.01. The van der Waals surface area contributed by atoms with Crippen molar-refractivity contribution in [1.29, 1.82) is 0 Å². The number of carboxylic acids is 1. The van der Waals surface area contributed by atoms with Crippen LogP contribution in [0.3, 0.4) is 0 Å². The number of aliphatic carboxylic acids is 1. The van der Waals surface area contributed by atoms with Crippen LogP contribution >= 0.6 is 0 Å². The fourth-order valence-corrected chi connectivity index (χ4v) is 0.849. The van der Waals surface area contributed by atoms with E-state index in [4.69, 9.17) is 5.11 Å². The van der Waals surface area contributed by atoms with Crippen LogP contribution < -0.4 is 5.43 Å². The highest BCUT2D eigenvalue weighted by atomic mass is 16.4. The average Bonchev–Trinajstić information content (AvgIpc) is 2.37. The van der Waals surface area contributed by atoms with Crippen LogP contribution in [0.4, 0.5) is 0 Å². The Bertz CT molecular complexity index is 199. The van der Waals surface area contributed by atoms with Gasteiger partial charge in [-0.3, -0.25) is 5.01 Å². The maximum atomic E-state index is 10.7. The predicted molar refractivity (Wildman–Crippen MR) is 40.7 cm³/mol. The van der Waals surface area contributed by atoms with E-state index in [1.807, 2.05) is 6.08 Å². The van der Waals surface area contributed by atoms with E-state index in [1.54, 1.807) is 25.1 Å². The van der Waals surface area contributed by atoms with Crippen molar-refractivity contribution in [2.45, 2.75) is 19.4 Å². The standard InChI is InChI=1S/C7H12N2O2/c1-7(2,6(10)11)9-5-3-4-8-9/h3,5,8H,4H2,1-2H3,(H,10,11). The molecule has 0 unspecified atom stereocenters. The molecule has 1 aliphatic rings. The lowest BCUT2D eigenvalue weighted by Crippen LogP contribution is -2.51. The molecule has 62 valence electrons. The lowest BCUT2D eigenvalue weighted by atomic mass is 10.1. The van der Waals surface area contributed by atoms with Crippen molar-refractivity contribution in [3.05, 3.63) is 12.3 Å². The maximum Gasteiger partial charge on any atom is 0.330 e. The average molecular weight is 156 g/mol. The van der Waals surface area contributed by atoms with Gasteiger partial charge in [0, 0.05) is 12.7 Å². The van der Waals surface area contributed by atoms with Gasteiger partial charge in [0.05, 0.1) is 0 Å². The van der Waals surface area contributed by atoms with Gasteiger partial charge in [-0.05, 0) is 13.8 Å². The van der Waals surface area contributed by atoms with Gasteiger partial charge in [-0.2, -0.15) is 0 Å². The Labute approximate surface area is 65.5 Å². The van der Waals surface area contributed by atoms with Crippen LogP contribution in [0, 0.1) is 0 Å². The third-order valence-electron chi connectivity index (χ3n) is 1.76. The Morgan fingerprint density at radius 1 is 1.73 bits per heavy atom. The molecule has 2 N–H and O–H groups in total. The van der Waals surface area contributed by atoms with Crippen molar-refractivity contribution >= 4 is 5.97 Å². The smallest absolute Gasteiger partial charge is 0.330 e. The molecule has 0 saturated carbocycles. The van der Waals surface area contributed by atoms with E-state index in [0.29, 0.717) is 6.54 Å². The largest absolute Gasteiger partial charge is 0.479 e. The summed E-state index contributed by atoms with van der Waals surface area (Å²) in [7, 11) is 0. The molecule has 4 nitrogen and oxygen atoms in total. The first kappa shape index (κ1) is 8.07. The Kier molecular flexibility index (Phi) is 1.87. The molecular formula is C7H12N2O2. The van der Waals surface area contributed by atoms with Gasteiger partial charge in [-0.15, -0.1) is 0 Å². The number of hydrogen-bond acceptors (Lipinski definition) is 3. The molecule has 0 aromatic carbocycles. The topological polar surface area (TPSA) is 52.6 Å². The Hall–Kier alpha value is -1.03. The second-order valence-electron chi connectivity index (χ2n) is 2.98. The van der Waals surface area contributed by atoms with Crippen molar-refractivity contribution in [1.82, 2.24) is 10.4 Å². The zero-order chi connectivity index (χ0) is 8.48. The molecule has 0 atom stereocenters. The van der Waals surface area contributed by atoms with Gasteiger partial charge < -0.3 is 5.11 Å². The number of nitrogens with one attached hydrogen (secondary N) is 1. The van der Waals surface area contributed by atoms with Crippen LogP contribution in [0.15, 0.2) is 12.3 Å². The van der Waals surface area contributed by atoms with Gasteiger partial charge in [0.15, 0.2) is 0 Å². The second kappa shape index (κ2) is 2.54. The number of carboxylic acid groups (broad SMARTS) is 1. The van der Waals surface area contributed by atoms with Crippen LogP contribution in [-0.2, 0) is 4.79 Å². The van der Waals surface area contributed by atoms with E-state index in [2.05, 4.69) is 5.43 Å². The summed E-state index contributed by atoms with van der Waals surface area (Å²) < 4.78 is 0. The minimum absolute atomic E-state index is 0.705. The third kappa shape index (κ3) is 1.35. The summed E-state index contributed by atoms with van der Waals surface area (Å²) in [6.07, 6.45) is 3.62. The lowest BCUT2D eigenvalue weighted by Gasteiger charge is -2.30. The molecule has 0 radical (unpaired) electrons. The quantitative estimate of drug-likeness (QED) is 0.599. The fourth-order valence-electron chi connectivity index (χ4n) is 0.849. The molecule has 1 aliphatic heterocycles. The monoisotopic (exact) mass is 156 g/mol. The Morgan fingerprint density at radius 3 is 2.73 bits per heavy atom. The SMILES string of the molecule is CC(C)(C(=O)O)N1C=CCN1. The van der Waals surface area contributed by atoms with E-state index in [-0.39, 0.29) is 0 Å². The minimum atomic E-state index is -0.868. The molecule has 0 aromatic heterocycles. The Balaban J connectivity index is 2.71. The lowest BCUT2D eigenvalue weighted by molar-refractivity contribution is -0.148. The highest BCUT2D eigenvalue weighted by molar-refractivity contribution is 5.77. The number of nitrogens with zero attached hydrogens (tertiary/aromatic N) is 1. The number of hydrazine groups is 1. The highest BCUT2D eigenvalue weighted by Crippen LogP contribution is 2.14. The molecule has 1 rings (SSSR count). The van der Waals surface area contributed by atoms with Crippen LogP contribution in [0.2, 0.25) is 0 Å². The van der Waals surface area contributed by atoms with Gasteiger partial charge in [-0.25, -0.2) is 10.2 Å². The molecule has 0 aliphatic carbocycles. The maximum absolute atomic E-state index is 10.7. The normalized spacial score (nSPS) is 17.5. The van der Waals surface area contributed by atoms with E-state index in [9.17, 15) is 4.79 Å². The Morgan fingerprint density at radius 2 is 2.36 bits per heavy atom. The molecule has 1 heterocycles. The summed E-state index contributed by atoms with van der Waals surface area (Å²) in [5.74, 6) is -0.837. The van der Waals surface area contributed by atoms with Crippen molar-refractivity contribution in [3.8, 4) is 0 Å². The number of carbonyl (C=O) groups is 1. The van der Waals surface area contributed by atoms with Crippen molar-refractivity contribution in [2.75, 3.05) is 6.54 Å². The van der Waals surface area contributed by atoms with Gasteiger partial charge in [0.1, 0.15) is 5.54 Å². The van der Waals surface area contributed by atoms with Gasteiger partial charge in [0.25, 0.3) is 0 Å². The molecule has 0 fully saturated rings. The predicted octanol–water partition coefficient (Wildman–Crippen LogP) is 0.184. The van der Waals surface area contributed by atoms with Gasteiger partial charge in [0.2, 0.25) is 0 Å². The summed E-state index contributed by atoms with van der Waals surface area (Å²) in [5, 5.41) is 10.4. The molecule has 0 saturated heterocycles. The molecule has 0 bridgehead atoms. The van der Waals surface area contributed by atoms with Crippen molar-refractivity contribution in [3.63, 3.8) is 0 Å². The molecule has 0 spiro atoms. The molecule has 4 heteroatoms. The summed E-state index contributed by atoms with van der Waals surface area (Å²) in [6, 6.07) is 0. The summed E-state index contributed by atoms with van der Waals surface area (Å²) in [4.78, 5) is 10.7. The summed E-state index contributed by atoms with van der Waals surface area (Å²) in [5.41, 5.74) is 2.05.